The summed E-state index contributed by atoms with van der Waals surface area (Å²) in [5.41, 5.74) is 3.12. The number of carbonyl (C=O) groups is 1. The summed E-state index contributed by atoms with van der Waals surface area (Å²) in [6.45, 7) is 10.6. The van der Waals surface area contributed by atoms with Gasteiger partial charge in [0.25, 0.3) is 0 Å². The van der Waals surface area contributed by atoms with Crippen LogP contribution in [0.25, 0.3) is 0 Å². The minimum Gasteiger partial charge on any atom is -0.444 e. The zero-order valence-corrected chi connectivity index (χ0v) is 12.4. The molecule has 0 radical (unpaired) electrons. The third-order valence-corrected chi connectivity index (χ3v) is 2.97. The van der Waals surface area contributed by atoms with Crippen molar-refractivity contribution in [3.63, 3.8) is 0 Å². The zero-order valence-electron chi connectivity index (χ0n) is 12.4. The Morgan fingerprint density at radius 2 is 1.95 bits per heavy atom. The van der Waals surface area contributed by atoms with Crippen molar-refractivity contribution in [3.8, 4) is 0 Å². The van der Waals surface area contributed by atoms with Gasteiger partial charge in [0, 0.05) is 0 Å². The fraction of sp³-hybridized carbons (Fsp3) is 0.833. The van der Waals surface area contributed by atoms with Crippen molar-refractivity contribution in [2.24, 2.45) is 10.9 Å². The van der Waals surface area contributed by atoms with Crippen LogP contribution >= 0.6 is 0 Å². The molecule has 0 saturated carbocycles. The molecular formula is C12H23N3O4. The Morgan fingerprint density at radius 3 is 2.37 bits per heavy atom. The van der Waals surface area contributed by atoms with Crippen LogP contribution in [0.2, 0.25) is 0 Å². The first kappa shape index (κ1) is 15.6. The first-order valence-corrected chi connectivity index (χ1v) is 6.09. The predicted molar refractivity (Wildman–Crippen MR) is 69.9 cm³/mol. The Hall–Kier alpha value is -1.50. The van der Waals surface area contributed by atoms with Crippen LogP contribution in [0.1, 0.15) is 41.5 Å². The Morgan fingerprint density at radius 1 is 1.42 bits per heavy atom. The van der Waals surface area contributed by atoms with Gasteiger partial charge in [0.2, 0.25) is 0 Å². The molecule has 7 nitrogen and oxygen atoms in total. The maximum absolute atomic E-state index is 12.3. The molecule has 0 aromatic heterocycles. The van der Waals surface area contributed by atoms with E-state index in [-0.39, 0.29) is 12.4 Å². The molecule has 1 atom stereocenters. The molecule has 0 bridgehead atoms. The fourth-order valence-electron chi connectivity index (χ4n) is 2.07. The maximum Gasteiger partial charge on any atom is 0.413 e. The molecule has 0 aliphatic carbocycles. The van der Waals surface area contributed by atoms with E-state index in [1.807, 2.05) is 0 Å². The molecule has 0 aromatic carbocycles. The third kappa shape index (κ3) is 2.91. The van der Waals surface area contributed by atoms with Gasteiger partial charge in [-0.1, -0.05) is 5.16 Å². The monoisotopic (exact) mass is 273 g/mol. The number of ether oxygens (including phenoxy) is 2. The second-order valence-corrected chi connectivity index (χ2v) is 6.31. The Balaban J connectivity index is 3.14. The molecule has 0 spiro atoms. The molecule has 3 N–H and O–H groups in total. The molecular weight excluding hydrogens is 250 g/mol. The molecule has 19 heavy (non-hydrogen) atoms. The van der Waals surface area contributed by atoms with Gasteiger partial charge in [-0.3, -0.25) is 4.90 Å². The molecule has 1 rings (SSSR count). The van der Waals surface area contributed by atoms with E-state index in [9.17, 15) is 4.79 Å². The lowest BCUT2D eigenvalue weighted by molar-refractivity contribution is -0.0643. The summed E-state index contributed by atoms with van der Waals surface area (Å²) in [7, 11) is 0. The largest absolute Gasteiger partial charge is 0.444 e. The van der Waals surface area contributed by atoms with Crippen LogP contribution in [0, 0.1) is 0 Å². The Labute approximate surface area is 113 Å². The van der Waals surface area contributed by atoms with Crippen molar-refractivity contribution in [1.29, 1.82) is 0 Å². The number of rotatable bonds is 1. The number of oxime groups is 1. The van der Waals surface area contributed by atoms with Crippen molar-refractivity contribution >= 4 is 11.9 Å². The van der Waals surface area contributed by atoms with Gasteiger partial charge in [0.1, 0.15) is 16.9 Å². The first-order valence-electron chi connectivity index (χ1n) is 6.09. The minimum atomic E-state index is -1.04. The van der Waals surface area contributed by atoms with Gasteiger partial charge in [-0.2, -0.15) is 0 Å². The SMILES string of the molecule is CC(C)(C)OC(=O)N1C(C)(C)OCC1(C)/C(N)=N\O. The smallest absolute Gasteiger partial charge is 0.413 e. The van der Waals surface area contributed by atoms with Crippen molar-refractivity contribution in [3.05, 3.63) is 0 Å². The number of amidine groups is 1. The van der Waals surface area contributed by atoms with E-state index in [0.717, 1.165) is 0 Å². The van der Waals surface area contributed by atoms with Crippen molar-refractivity contribution in [1.82, 2.24) is 4.90 Å². The topological polar surface area (TPSA) is 97.4 Å². The van der Waals surface area contributed by atoms with Gasteiger partial charge in [0.15, 0.2) is 5.84 Å². The van der Waals surface area contributed by atoms with Crippen LogP contribution < -0.4 is 5.73 Å². The lowest BCUT2D eigenvalue weighted by atomic mass is 10.00. The van der Waals surface area contributed by atoms with Gasteiger partial charge in [-0.25, -0.2) is 4.79 Å². The van der Waals surface area contributed by atoms with E-state index in [1.165, 1.54) is 4.90 Å². The summed E-state index contributed by atoms with van der Waals surface area (Å²) < 4.78 is 10.9. The highest BCUT2D eigenvalue weighted by atomic mass is 16.6. The van der Waals surface area contributed by atoms with Crippen molar-refractivity contribution in [2.75, 3.05) is 6.61 Å². The third-order valence-electron chi connectivity index (χ3n) is 2.97. The molecule has 1 fully saturated rings. The van der Waals surface area contributed by atoms with E-state index >= 15 is 0 Å². The lowest BCUT2D eigenvalue weighted by Gasteiger charge is -2.39. The summed E-state index contributed by atoms with van der Waals surface area (Å²) in [5.74, 6) is -0.0936. The fourth-order valence-corrected chi connectivity index (χ4v) is 2.07. The number of nitrogens with two attached hydrogens (primary N) is 1. The highest BCUT2D eigenvalue weighted by Gasteiger charge is 2.55. The van der Waals surface area contributed by atoms with Crippen LogP contribution in [0.5, 0.6) is 0 Å². The van der Waals surface area contributed by atoms with Gasteiger partial charge < -0.3 is 20.4 Å². The van der Waals surface area contributed by atoms with Crippen LogP contribution in [0.15, 0.2) is 5.16 Å². The highest BCUT2D eigenvalue weighted by Crippen LogP contribution is 2.36. The van der Waals surface area contributed by atoms with Crippen molar-refractivity contribution in [2.45, 2.75) is 58.4 Å². The molecule has 7 heteroatoms. The zero-order chi connectivity index (χ0) is 15.1. The number of nitrogens with zero attached hydrogens (tertiary/aromatic N) is 2. The maximum atomic E-state index is 12.3. The van der Waals surface area contributed by atoms with Crippen LogP contribution in [0.4, 0.5) is 4.79 Å². The summed E-state index contributed by atoms with van der Waals surface area (Å²) in [4.78, 5) is 13.7. The molecule has 0 aromatic rings. The van der Waals surface area contributed by atoms with E-state index < -0.39 is 23.0 Å². The van der Waals surface area contributed by atoms with Crippen LogP contribution in [-0.2, 0) is 9.47 Å². The second-order valence-electron chi connectivity index (χ2n) is 6.31. The predicted octanol–water partition coefficient (Wildman–Crippen LogP) is 1.49. The van der Waals surface area contributed by atoms with Crippen molar-refractivity contribution < 1.29 is 19.5 Å². The van der Waals surface area contributed by atoms with E-state index in [2.05, 4.69) is 5.16 Å². The van der Waals surface area contributed by atoms with E-state index in [0.29, 0.717) is 0 Å². The van der Waals surface area contributed by atoms with Gasteiger partial charge in [0.05, 0.1) is 6.61 Å². The molecule has 110 valence electrons. The van der Waals surface area contributed by atoms with Crippen LogP contribution in [0.3, 0.4) is 0 Å². The summed E-state index contributed by atoms with van der Waals surface area (Å²) in [6, 6.07) is 0. The molecule has 1 aliphatic rings. The van der Waals surface area contributed by atoms with E-state index in [4.69, 9.17) is 20.4 Å². The Kier molecular flexibility index (Phi) is 3.73. The number of hydrogen-bond donors (Lipinski definition) is 2. The normalized spacial score (nSPS) is 27.5. The second kappa shape index (κ2) is 4.56. The quantitative estimate of drug-likeness (QED) is 0.326. The molecule has 1 heterocycles. The van der Waals surface area contributed by atoms with Gasteiger partial charge in [-0.05, 0) is 41.5 Å². The number of hydrogen-bond acceptors (Lipinski definition) is 5. The molecule has 1 unspecified atom stereocenters. The van der Waals surface area contributed by atoms with Gasteiger partial charge >= 0.3 is 6.09 Å². The highest BCUT2D eigenvalue weighted by molar-refractivity contribution is 5.93. The van der Waals surface area contributed by atoms with E-state index in [1.54, 1.807) is 41.5 Å². The average Bonchev–Trinajstić information content (AvgIpc) is 2.47. The average molecular weight is 273 g/mol. The number of carbonyl (C=O) groups excluding carboxylic acids is 1. The van der Waals surface area contributed by atoms with Gasteiger partial charge in [-0.15, -0.1) is 0 Å². The standard InChI is InChI=1S/C12H23N3O4/c1-10(2,3)19-9(16)15-11(4,5)18-7-12(15,6)8(13)14-17/h17H,7H2,1-6H3,(H2,13,14). The Bertz CT molecular complexity index is 400. The minimum absolute atomic E-state index is 0.0936. The summed E-state index contributed by atoms with van der Waals surface area (Å²) in [5, 5.41) is 11.9. The molecule has 1 amide bonds. The molecule has 1 saturated heterocycles. The number of amides is 1. The lowest BCUT2D eigenvalue weighted by Crippen LogP contribution is -2.61. The summed E-state index contributed by atoms with van der Waals surface area (Å²) in [6.07, 6.45) is -0.566. The molecule has 1 aliphatic heterocycles. The van der Waals surface area contributed by atoms with Crippen LogP contribution in [-0.4, -0.2) is 45.5 Å². The first-order chi connectivity index (χ1) is 8.44. The summed E-state index contributed by atoms with van der Waals surface area (Å²) >= 11 is 0.